The molecule has 4 nitrogen and oxygen atoms in total. The van der Waals surface area contributed by atoms with E-state index >= 15 is 0 Å². The van der Waals surface area contributed by atoms with E-state index in [0.29, 0.717) is 26.0 Å². The first-order valence-corrected chi connectivity index (χ1v) is 6.62. The Morgan fingerprint density at radius 1 is 1.37 bits per heavy atom. The Balaban J connectivity index is 2.53. The van der Waals surface area contributed by atoms with Crippen LogP contribution in [0.25, 0.3) is 0 Å². The Morgan fingerprint density at radius 3 is 2.63 bits per heavy atom. The van der Waals surface area contributed by atoms with Gasteiger partial charge in [-0.15, -0.1) is 0 Å². The van der Waals surface area contributed by atoms with Crippen LogP contribution in [0.2, 0.25) is 0 Å². The van der Waals surface area contributed by atoms with Gasteiger partial charge in [0.25, 0.3) is 0 Å². The molecule has 0 aliphatic heterocycles. The Hall–Kier alpha value is -1.39. The average molecular weight is 265 g/mol. The molecule has 0 bridgehead atoms. The second-order valence-electron chi connectivity index (χ2n) is 4.74. The highest BCUT2D eigenvalue weighted by molar-refractivity contribution is 5.76. The van der Waals surface area contributed by atoms with Crippen LogP contribution < -0.4 is 5.32 Å². The molecule has 2 atom stereocenters. The number of methoxy groups -OCH3 is 1. The predicted octanol–water partition coefficient (Wildman–Crippen LogP) is 1.69. The Morgan fingerprint density at radius 2 is 2.05 bits per heavy atom. The number of hydrogen-bond acceptors (Lipinski definition) is 3. The van der Waals surface area contributed by atoms with Gasteiger partial charge in [0.1, 0.15) is 0 Å². The lowest BCUT2D eigenvalue weighted by Crippen LogP contribution is -2.30. The smallest absolute Gasteiger partial charge is 0.222 e. The number of nitrogens with one attached hydrogen (secondary N) is 1. The fourth-order valence-electron chi connectivity index (χ4n) is 1.99. The zero-order chi connectivity index (χ0) is 14.1. The van der Waals surface area contributed by atoms with E-state index in [9.17, 15) is 9.90 Å². The molecule has 0 aromatic heterocycles. The van der Waals surface area contributed by atoms with E-state index in [1.807, 2.05) is 30.3 Å². The molecule has 0 saturated heterocycles. The van der Waals surface area contributed by atoms with Crippen molar-refractivity contribution in [1.82, 2.24) is 5.32 Å². The molecule has 19 heavy (non-hydrogen) atoms. The molecule has 1 rings (SSSR count). The van der Waals surface area contributed by atoms with Crippen molar-refractivity contribution in [3.63, 3.8) is 0 Å². The number of carbonyl (C=O) groups excluding carboxylic acids is 1. The van der Waals surface area contributed by atoms with E-state index in [-0.39, 0.29) is 17.9 Å². The molecule has 0 fully saturated rings. The highest BCUT2D eigenvalue weighted by Gasteiger charge is 2.15. The number of carbonyl (C=O) groups is 1. The number of rotatable bonds is 8. The maximum absolute atomic E-state index is 11.6. The minimum atomic E-state index is -0.388. The topological polar surface area (TPSA) is 58.6 Å². The fourth-order valence-corrected chi connectivity index (χ4v) is 1.99. The summed E-state index contributed by atoms with van der Waals surface area (Å²) in [5, 5.41) is 12.4. The zero-order valence-electron chi connectivity index (χ0n) is 11.6. The summed E-state index contributed by atoms with van der Waals surface area (Å²) in [6.45, 7) is 2.73. The molecular weight excluding hydrogens is 242 g/mol. The van der Waals surface area contributed by atoms with Crippen LogP contribution in [0.1, 0.15) is 31.2 Å². The molecule has 1 aromatic carbocycles. The molecule has 0 saturated carbocycles. The summed E-state index contributed by atoms with van der Waals surface area (Å²) in [5.74, 6) is 0.112. The lowest BCUT2D eigenvalue weighted by molar-refractivity contribution is -0.122. The molecule has 1 amide bonds. The van der Waals surface area contributed by atoms with Gasteiger partial charge in [-0.25, -0.2) is 0 Å². The minimum Gasteiger partial charge on any atom is -0.393 e. The van der Waals surface area contributed by atoms with Crippen molar-refractivity contribution in [3.05, 3.63) is 35.9 Å². The van der Waals surface area contributed by atoms with E-state index in [4.69, 9.17) is 4.74 Å². The summed E-state index contributed by atoms with van der Waals surface area (Å²) < 4.78 is 4.87. The highest BCUT2D eigenvalue weighted by Crippen LogP contribution is 2.20. The molecule has 106 valence electrons. The molecule has 4 heteroatoms. The van der Waals surface area contributed by atoms with Crippen LogP contribution in [0, 0.1) is 0 Å². The van der Waals surface area contributed by atoms with Gasteiger partial charge in [-0.2, -0.15) is 0 Å². The van der Waals surface area contributed by atoms with Crippen LogP contribution in [0.5, 0.6) is 0 Å². The maximum atomic E-state index is 11.6. The van der Waals surface area contributed by atoms with Gasteiger partial charge in [0.15, 0.2) is 0 Å². The predicted molar refractivity (Wildman–Crippen MR) is 75.0 cm³/mol. The van der Waals surface area contributed by atoms with Crippen molar-refractivity contribution in [2.75, 3.05) is 20.3 Å². The van der Waals surface area contributed by atoms with Crippen molar-refractivity contribution < 1.29 is 14.6 Å². The summed E-state index contributed by atoms with van der Waals surface area (Å²) in [4.78, 5) is 11.6. The van der Waals surface area contributed by atoms with E-state index < -0.39 is 0 Å². The Bertz CT molecular complexity index is 365. The number of ether oxygens (including phenoxy) is 1. The van der Waals surface area contributed by atoms with Gasteiger partial charge in [0.2, 0.25) is 5.91 Å². The van der Waals surface area contributed by atoms with Crippen molar-refractivity contribution in [2.45, 2.75) is 31.8 Å². The van der Waals surface area contributed by atoms with Crippen molar-refractivity contribution in [2.24, 2.45) is 0 Å². The largest absolute Gasteiger partial charge is 0.393 e. The van der Waals surface area contributed by atoms with Gasteiger partial charge < -0.3 is 15.2 Å². The third-order valence-corrected chi connectivity index (χ3v) is 2.98. The third-order valence-electron chi connectivity index (χ3n) is 2.98. The monoisotopic (exact) mass is 265 g/mol. The van der Waals surface area contributed by atoms with Crippen LogP contribution >= 0.6 is 0 Å². The summed E-state index contributed by atoms with van der Waals surface area (Å²) in [7, 11) is 1.58. The quantitative estimate of drug-likeness (QED) is 0.752. The third kappa shape index (κ3) is 6.36. The molecular formula is C15H23NO3. The van der Waals surface area contributed by atoms with Crippen LogP contribution in [0.3, 0.4) is 0 Å². The number of amides is 1. The summed E-state index contributed by atoms with van der Waals surface area (Å²) in [5.41, 5.74) is 1.13. The van der Waals surface area contributed by atoms with Crippen molar-refractivity contribution in [1.29, 1.82) is 0 Å². The van der Waals surface area contributed by atoms with E-state index in [1.54, 1.807) is 14.0 Å². The first kappa shape index (κ1) is 15.7. The van der Waals surface area contributed by atoms with E-state index in [0.717, 1.165) is 5.56 Å². The Labute approximate surface area is 114 Å². The number of aliphatic hydroxyl groups excluding tert-OH is 1. The first-order valence-electron chi connectivity index (χ1n) is 6.62. The van der Waals surface area contributed by atoms with Crippen LogP contribution in [0.4, 0.5) is 0 Å². The van der Waals surface area contributed by atoms with Gasteiger partial charge in [-0.3, -0.25) is 4.79 Å². The van der Waals surface area contributed by atoms with Crippen LogP contribution in [-0.4, -0.2) is 37.4 Å². The van der Waals surface area contributed by atoms with E-state index in [1.165, 1.54) is 0 Å². The van der Waals surface area contributed by atoms with Gasteiger partial charge in [-0.05, 0) is 18.9 Å². The zero-order valence-corrected chi connectivity index (χ0v) is 11.6. The van der Waals surface area contributed by atoms with Crippen LogP contribution in [0.15, 0.2) is 30.3 Å². The summed E-state index contributed by atoms with van der Waals surface area (Å²) >= 11 is 0. The molecule has 0 radical (unpaired) electrons. The average Bonchev–Trinajstić information content (AvgIpc) is 2.41. The lowest BCUT2D eigenvalue weighted by atomic mass is 9.93. The first-order chi connectivity index (χ1) is 9.13. The second-order valence-corrected chi connectivity index (χ2v) is 4.74. The Kier molecular flexibility index (Phi) is 7.15. The molecule has 2 unspecified atom stereocenters. The standard InChI is InChI=1S/C15H23NO3/c1-12(17)10-14(13-6-4-3-5-7-13)11-16-15(18)8-9-19-2/h3-7,12,14,17H,8-11H2,1-2H3,(H,16,18). The molecule has 0 spiro atoms. The van der Waals surface area contributed by atoms with Crippen LogP contribution in [-0.2, 0) is 9.53 Å². The summed E-state index contributed by atoms with van der Waals surface area (Å²) in [6.07, 6.45) is 0.613. The summed E-state index contributed by atoms with van der Waals surface area (Å²) in [6, 6.07) is 9.94. The van der Waals surface area contributed by atoms with Gasteiger partial charge in [0, 0.05) is 26.0 Å². The molecule has 0 heterocycles. The molecule has 2 N–H and O–H groups in total. The van der Waals surface area contributed by atoms with E-state index in [2.05, 4.69) is 5.32 Å². The second kappa shape index (κ2) is 8.67. The normalized spacial score (nSPS) is 13.8. The van der Waals surface area contributed by atoms with Gasteiger partial charge in [-0.1, -0.05) is 30.3 Å². The fraction of sp³-hybridized carbons (Fsp3) is 0.533. The van der Waals surface area contributed by atoms with Gasteiger partial charge >= 0.3 is 0 Å². The lowest BCUT2D eigenvalue weighted by Gasteiger charge is -2.19. The highest BCUT2D eigenvalue weighted by atomic mass is 16.5. The van der Waals surface area contributed by atoms with Crippen molar-refractivity contribution >= 4 is 5.91 Å². The van der Waals surface area contributed by atoms with Crippen molar-refractivity contribution in [3.8, 4) is 0 Å². The SMILES string of the molecule is COCCC(=O)NCC(CC(C)O)c1ccccc1. The minimum absolute atomic E-state index is 0.0200. The molecule has 0 aliphatic rings. The molecule has 0 aliphatic carbocycles. The number of aliphatic hydroxyl groups is 1. The maximum Gasteiger partial charge on any atom is 0.222 e. The molecule has 1 aromatic rings. The van der Waals surface area contributed by atoms with Gasteiger partial charge in [0.05, 0.1) is 12.7 Å². The number of hydrogen-bond donors (Lipinski definition) is 2. The number of benzene rings is 1.